The number of ether oxygens (including phenoxy) is 1. The zero-order chi connectivity index (χ0) is 21.2. The summed E-state index contributed by atoms with van der Waals surface area (Å²) >= 11 is 0. The predicted molar refractivity (Wildman–Crippen MR) is 122 cm³/mol. The summed E-state index contributed by atoms with van der Waals surface area (Å²) in [5, 5.41) is 3.27. The van der Waals surface area contributed by atoms with E-state index in [1.807, 2.05) is 24.3 Å². The van der Waals surface area contributed by atoms with E-state index in [1.54, 1.807) is 24.5 Å². The van der Waals surface area contributed by atoms with Crippen molar-refractivity contribution in [3.8, 4) is 11.6 Å². The number of anilines is 4. The summed E-state index contributed by atoms with van der Waals surface area (Å²) in [5.74, 6) is 1.34. The van der Waals surface area contributed by atoms with Crippen molar-refractivity contribution < 1.29 is 9.15 Å². The first kappa shape index (κ1) is 19.2. The molecule has 0 spiro atoms. The minimum absolute atomic E-state index is 0.331. The minimum Gasteiger partial charge on any atom is -0.457 e. The molecule has 0 saturated carbocycles. The van der Waals surface area contributed by atoms with E-state index in [-0.39, 0.29) is 0 Å². The number of furan rings is 1. The Morgan fingerprint density at radius 2 is 1.81 bits per heavy atom. The average Bonchev–Trinajstić information content (AvgIpc) is 3.24. The molecule has 0 amide bonds. The molecule has 0 aliphatic carbocycles. The second-order valence-corrected chi connectivity index (χ2v) is 7.62. The molecule has 0 radical (unpaired) electrons. The van der Waals surface area contributed by atoms with Gasteiger partial charge in [-0.3, -0.25) is 0 Å². The first-order valence-corrected chi connectivity index (χ1v) is 10.2. The molecule has 0 unspecified atom stereocenters. The third kappa shape index (κ3) is 4.24. The molecule has 5 rings (SSSR count). The molecule has 158 valence electrons. The van der Waals surface area contributed by atoms with Gasteiger partial charge in [-0.2, -0.15) is 4.98 Å². The molecule has 2 aromatic carbocycles. The van der Waals surface area contributed by atoms with Crippen molar-refractivity contribution in [1.82, 2.24) is 14.9 Å². The first-order chi connectivity index (χ1) is 15.1. The number of piperazine rings is 1. The van der Waals surface area contributed by atoms with Crippen LogP contribution in [0.4, 0.5) is 23.0 Å². The van der Waals surface area contributed by atoms with Crippen LogP contribution in [-0.2, 0) is 0 Å². The Kier molecular flexibility index (Phi) is 5.05. The van der Waals surface area contributed by atoms with Gasteiger partial charge in [0.05, 0.1) is 6.26 Å². The molecule has 1 aliphatic rings. The normalized spacial score (nSPS) is 14.7. The maximum absolute atomic E-state index is 5.94. The predicted octanol–water partition coefficient (Wildman–Crippen LogP) is 4.09. The summed E-state index contributed by atoms with van der Waals surface area (Å²) in [6, 6.07) is 17.3. The number of hydrogen-bond donors (Lipinski definition) is 2. The van der Waals surface area contributed by atoms with Gasteiger partial charge in [0, 0.05) is 55.4 Å². The van der Waals surface area contributed by atoms with Crippen LogP contribution in [-0.4, -0.2) is 48.1 Å². The highest BCUT2D eigenvalue weighted by molar-refractivity contribution is 5.79. The lowest BCUT2D eigenvalue weighted by atomic mass is 10.2. The lowest BCUT2D eigenvalue weighted by molar-refractivity contribution is 0.313. The van der Waals surface area contributed by atoms with Gasteiger partial charge in [-0.15, -0.1) is 0 Å². The van der Waals surface area contributed by atoms with Gasteiger partial charge in [0.15, 0.2) is 0 Å². The molecule has 1 fully saturated rings. The Bertz CT molecular complexity index is 1180. The summed E-state index contributed by atoms with van der Waals surface area (Å²) in [4.78, 5) is 13.8. The van der Waals surface area contributed by atoms with Gasteiger partial charge in [0.1, 0.15) is 11.3 Å². The third-order valence-corrected chi connectivity index (χ3v) is 5.34. The number of nitrogens with zero attached hydrogens (tertiary/aromatic N) is 4. The number of nitrogens with one attached hydrogen (secondary N) is 1. The zero-order valence-corrected chi connectivity index (χ0v) is 17.3. The van der Waals surface area contributed by atoms with E-state index in [1.165, 1.54) is 5.69 Å². The van der Waals surface area contributed by atoms with Crippen LogP contribution in [0, 0.1) is 0 Å². The van der Waals surface area contributed by atoms with Crippen molar-refractivity contribution in [3.05, 3.63) is 60.9 Å². The number of fused-ring (bicyclic) bond motifs is 1. The van der Waals surface area contributed by atoms with Crippen LogP contribution in [0.1, 0.15) is 0 Å². The monoisotopic (exact) mass is 416 g/mol. The Morgan fingerprint density at radius 3 is 2.58 bits per heavy atom. The number of likely N-dealkylation sites (N-methyl/N-ethyl adjacent to an activating group) is 1. The standard InChI is InChI=1S/C23H24N6O2/c1-28-10-12-29(13-11-28)18-7-5-17(6-8-18)25-23-26-20-9-14-30-21(20)22(27-23)31-19-4-2-3-16(24)15-19/h2-9,14-15H,10-13,24H2,1H3,(H,25,26,27). The molecule has 3 heterocycles. The van der Waals surface area contributed by atoms with Crippen LogP contribution in [0.25, 0.3) is 11.1 Å². The van der Waals surface area contributed by atoms with Crippen LogP contribution in [0.15, 0.2) is 65.3 Å². The fourth-order valence-corrected chi connectivity index (χ4v) is 3.60. The van der Waals surface area contributed by atoms with E-state index >= 15 is 0 Å². The Labute approximate surface area is 180 Å². The Balaban J connectivity index is 1.36. The van der Waals surface area contributed by atoms with Crippen molar-refractivity contribution in [2.45, 2.75) is 0 Å². The first-order valence-electron chi connectivity index (χ1n) is 10.2. The average molecular weight is 416 g/mol. The number of nitrogens with two attached hydrogens (primary N) is 1. The van der Waals surface area contributed by atoms with E-state index in [0.717, 1.165) is 31.9 Å². The van der Waals surface area contributed by atoms with E-state index in [4.69, 9.17) is 14.9 Å². The largest absolute Gasteiger partial charge is 0.457 e. The lowest BCUT2D eigenvalue weighted by Crippen LogP contribution is -2.44. The quantitative estimate of drug-likeness (QED) is 0.470. The third-order valence-electron chi connectivity index (χ3n) is 5.34. The topological polar surface area (TPSA) is 92.7 Å². The van der Waals surface area contributed by atoms with Gasteiger partial charge in [0.2, 0.25) is 11.5 Å². The summed E-state index contributed by atoms with van der Waals surface area (Å²) in [6.45, 7) is 4.23. The molecule has 4 aromatic rings. The van der Waals surface area contributed by atoms with Crippen molar-refractivity contribution in [1.29, 1.82) is 0 Å². The van der Waals surface area contributed by atoms with Crippen molar-refractivity contribution >= 4 is 34.1 Å². The van der Waals surface area contributed by atoms with Crippen LogP contribution in [0.5, 0.6) is 11.6 Å². The number of aromatic nitrogens is 2. The van der Waals surface area contributed by atoms with E-state index < -0.39 is 0 Å². The molecular formula is C23H24N6O2. The SMILES string of the molecule is CN1CCN(c2ccc(Nc3nc(Oc4cccc(N)c4)c4occc4n3)cc2)CC1. The molecule has 0 bridgehead atoms. The number of rotatable bonds is 5. The molecule has 1 aliphatic heterocycles. The molecule has 3 N–H and O–H groups in total. The smallest absolute Gasteiger partial charge is 0.268 e. The highest BCUT2D eigenvalue weighted by atomic mass is 16.5. The van der Waals surface area contributed by atoms with Gasteiger partial charge < -0.3 is 30.0 Å². The zero-order valence-electron chi connectivity index (χ0n) is 17.3. The van der Waals surface area contributed by atoms with Crippen molar-refractivity contribution in [2.24, 2.45) is 0 Å². The Hall–Kier alpha value is -3.78. The van der Waals surface area contributed by atoms with Crippen LogP contribution < -0.4 is 20.7 Å². The maximum atomic E-state index is 5.94. The van der Waals surface area contributed by atoms with Gasteiger partial charge in [-0.1, -0.05) is 6.07 Å². The molecule has 31 heavy (non-hydrogen) atoms. The van der Waals surface area contributed by atoms with Gasteiger partial charge in [-0.25, -0.2) is 4.98 Å². The van der Waals surface area contributed by atoms with Crippen LogP contribution in [0.2, 0.25) is 0 Å². The van der Waals surface area contributed by atoms with Gasteiger partial charge >= 0.3 is 0 Å². The summed E-state index contributed by atoms with van der Waals surface area (Å²) in [6.07, 6.45) is 1.57. The van der Waals surface area contributed by atoms with Crippen LogP contribution in [0.3, 0.4) is 0 Å². The highest BCUT2D eigenvalue weighted by Crippen LogP contribution is 2.31. The Morgan fingerprint density at radius 1 is 1.00 bits per heavy atom. The van der Waals surface area contributed by atoms with Gasteiger partial charge in [-0.05, 0) is 43.4 Å². The molecule has 8 heteroatoms. The number of nitrogen functional groups attached to an aromatic ring is 1. The molecule has 0 atom stereocenters. The van der Waals surface area contributed by atoms with Gasteiger partial charge in [0.25, 0.3) is 5.88 Å². The molecular weight excluding hydrogens is 392 g/mol. The van der Waals surface area contributed by atoms with E-state index in [9.17, 15) is 0 Å². The lowest BCUT2D eigenvalue weighted by Gasteiger charge is -2.34. The fraction of sp³-hybridized carbons (Fsp3) is 0.217. The number of benzene rings is 2. The summed E-state index contributed by atoms with van der Waals surface area (Å²) in [7, 11) is 2.16. The number of hydrogen-bond acceptors (Lipinski definition) is 8. The van der Waals surface area contributed by atoms with Crippen molar-refractivity contribution in [3.63, 3.8) is 0 Å². The van der Waals surface area contributed by atoms with Crippen molar-refractivity contribution in [2.75, 3.05) is 49.2 Å². The second-order valence-electron chi connectivity index (χ2n) is 7.62. The maximum Gasteiger partial charge on any atom is 0.268 e. The highest BCUT2D eigenvalue weighted by Gasteiger charge is 2.15. The van der Waals surface area contributed by atoms with E-state index in [0.29, 0.717) is 34.4 Å². The molecule has 8 nitrogen and oxygen atoms in total. The molecule has 1 saturated heterocycles. The molecule has 2 aromatic heterocycles. The van der Waals surface area contributed by atoms with E-state index in [2.05, 4.69) is 44.3 Å². The van der Waals surface area contributed by atoms with Crippen LogP contribution >= 0.6 is 0 Å². The fourth-order valence-electron chi connectivity index (χ4n) is 3.60. The minimum atomic E-state index is 0.331. The summed E-state index contributed by atoms with van der Waals surface area (Å²) in [5.41, 5.74) is 9.73. The summed E-state index contributed by atoms with van der Waals surface area (Å²) < 4.78 is 11.5. The second kappa shape index (κ2) is 8.16.